The highest BCUT2D eigenvalue weighted by Gasteiger charge is 2.00. The fourth-order valence-corrected chi connectivity index (χ4v) is 2.17. The Bertz CT molecular complexity index is 250. The Morgan fingerprint density at radius 1 is 1.22 bits per heavy atom. The largest absolute Gasteiger partial charge is 0.284 e. The van der Waals surface area contributed by atoms with Gasteiger partial charge in [0.05, 0.1) is 11.7 Å². The van der Waals surface area contributed by atoms with E-state index in [1.165, 1.54) is 0 Å². The van der Waals surface area contributed by atoms with Crippen molar-refractivity contribution in [1.82, 2.24) is 8.75 Å². The SMILES string of the molecule is O=c1c(I)nsnc1I. The molecule has 0 saturated carbocycles. The highest BCUT2D eigenvalue weighted by atomic mass is 127. The third-order valence-corrected chi connectivity index (χ3v) is 3.26. The van der Waals surface area contributed by atoms with E-state index in [9.17, 15) is 4.79 Å². The molecule has 0 amide bonds. The minimum Gasteiger partial charge on any atom is -0.284 e. The molecule has 0 bridgehead atoms. The number of halogens is 2. The number of aromatic nitrogens is 2. The topological polar surface area (TPSA) is 42.9 Å². The first-order valence-corrected chi connectivity index (χ1v) is 4.78. The lowest BCUT2D eigenvalue weighted by atomic mass is 10.7. The maximum atomic E-state index is 10.8. The Kier molecular flexibility index (Phi) is 2.76. The van der Waals surface area contributed by atoms with Crippen molar-refractivity contribution in [1.29, 1.82) is 0 Å². The van der Waals surface area contributed by atoms with Crippen LogP contribution < -0.4 is 5.43 Å². The van der Waals surface area contributed by atoms with Crippen molar-refractivity contribution in [2.24, 2.45) is 0 Å². The van der Waals surface area contributed by atoms with E-state index in [1.807, 2.05) is 45.2 Å². The smallest absolute Gasteiger partial charge is 0.244 e. The van der Waals surface area contributed by atoms with Crippen LogP contribution in [-0.4, -0.2) is 8.75 Å². The standard InChI is InChI=1S/C3I2N2OS/c4-2-1(8)3(5)7-9-6-2. The molecule has 0 aliphatic rings. The molecule has 1 aromatic rings. The highest BCUT2D eigenvalue weighted by molar-refractivity contribution is 14.1. The second-order valence-electron chi connectivity index (χ2n) is 1.17. The lowest BCUT2D eigenvalue weighted by Crippen LogP contribution is -2.10. The summed E-state index contributed by atoms with van der Waals surface area (Å²) in [4.78, 5) is 10.8. The van der Waals surface area contributed by atoms with Gasteiger partial charge in [-0.25, -0.2) is 0 Å². The second-order valence-corrected chi connectivity index (χ2v) is 3.75. The van der Waals surface area contributed by atoms with Crippen LogP contribution in [0.3, 0.4) is 0 Å². The predicted molar refractivity (Wildman–Crippen MR) is 51.6 cm³/mol. The summed E-state index contributed by atoms with van der Waals surface area (Å²) in [5.74, 6) is 0. The third kappa shape index (κ3) is 1.80. The molecule has 0 N–H and O–H groups in total. The maximum Gasteiger partial charge on any atom is 0.244 e. The minimum atomic E-state index is -0.0741. The summed E-state index contributed by atoms with van der Waals surface area (Å²) in [5, 5.41) is 0. The molecule has 0 unspecified atom stereocenters. The fourth-order valence-electron chi connectivity index (χ4n) is 0.260. The zero-order valence-corrected chi connectivity index (χ0v) is 9.10. The number of rotatable bonds is 0. The first kappa shape index (κ1) is 7.79. The van der Waals surface area contributed by atoms with E-state index in [1.54, 1.807) is 0 Å². The average Bonchev–Trinajstić information content (AvgIpc) is 1.83. The van der Waals surface area contributed by atoms with Crippen molar-refractivity contribution in [2.45, 2.75) is 0 Å². The second kappa shape index (κ2) is 3.19. The molecular formula is C3I2N2OS. The van der Waals surface area contributed by atoms with Crippen molar-refractivity contribution in [2.75, 3.05) is 0 Å². The van der Waals surface area contributed by atoms with Crippen LogP contribution >= 0.6 is 56.9 Å². The average molecular weight is 366 g/mol. The molecule has 1 aromatic heterocycles. The van der Waals surface area contributed by atoms with Gasteiger partial charge in [0.15, 0.2) is 7.40 Å². The number of hydrogen-bond acceptors (Lipinski definition) is 4. The van der Waals surface area contributed by atoms with Crippen molar-refractivity contribution in [3.05, 3.63) is 17.6 Å². The summed E-state index contributed by atoms with van der Waals surface area (Å²) >= 11 is 4.84. The lowest BCUT2D eigenvalue weighted by molar-refractivity contribution is 1.25. The predicted octanol–water partition coefficient (Wildman–Crippen LogP) is 1.11. The Morgan fingerprint density at radius 2 is 1.67 bits per heavy atom. The Balaban J connectivity index is 3.43. The number of hydrogen-bond donors (Lipinski definition) is 0. The molecule has 1 rings (SSSR count). The van der Waals surface area contributed by atoms with Gasteiger partial charge in [-0.1, -0.05) is 0 Å². The zero-order chi connectivity index (χ0) is 6.85. The van der Waals surface area contributed by atoms with Gasteiger partial charge in [0.25, 0.3) is 0 Å². The van der Waals surface area contributed by atoms with E-state index < -0.39 is 0 Å². The van der Waals surface area contributed by atoms with E-state index in [2.05, 4.69) is 8.75 Å². The van der Waals surface area contributed by atoms with Gasteiger partial charge in [-0.3, -0.25) is 4.79 Å². The zero-order valence-electron chi connectivity index (χ0n) is 3.97. The molecule has 0 radical (unpaired) electrons. The maximum absolute atomic E-state index is 10.8. The summed E-state index contributed by atoms with van der Waals surface area (Å²) in [6.45, 7) is 0. The van der Waals surface area contributed by atoms with Crippen LogP contribution in [0.4, 0.5) is 0 Å². The van der Waals surface area contributed by atoms with Crippen molar-refractivity contribution < 1.29 is 0 Å². The van der Waals surface area contributed by atoms with E-state index in [-0.39, 0.29) is 5.43 Å². The van der Waals surface area contributed by atoms with Crippen LogP contribution in [0.5, 0.6) is 0 Å². The Morgan fingerprint density at radius 3 is 2.00 bits per heavy atom. The normalized spacial score (nSPS) is 9.56. The van der Waals surface area contributed by atoms with Gasteiger partial charge in [-0.05, 0) is 45.2 Å². The molecule has 0 atom stereocenters. The van der Waals surface area contributed by atoms with Crippen LogP contribution in [0.25, 0.3) is 0 Å². The molecule has 0 aromatic carbocycles. The van der Waals surface area contributed by atoms with Crippen LogP contribution in [-0.2, 0) is 0 Å². The molecule has 1 heterocycles. The summed E-state index contributed by atoms with van der Waals surface area (Å²) in [6, 6.07) is 0. The van der Waals surface area contributed by atoms with Gasteiger partial charge in [-0.15, -0.1) is 0 Å². The quantitative estimate of drug-likeness (QED) is 0.647. The summed E-state index contributed by atoms with van der Waals surface area (Å²) in [6.07, 6.45) is 0. The van der Waals surface area contributed by atoms with Crippen LogP contribution in [0.2, 0.25) is 0 Å². The molecule has 48 valence electrons. The van der Waals surface area contributed by atoms with E-state index in [0.717, 1.165) is 11.7 Å². The summed E-state index contributed by atoms with van der Waals surface area (Å²) < 4.78 is 8.47. The summed E-state index contributed by atoms with van der Waals surface area (Å²) in [5.41, 5.74) is -0.0741. The molecule has 0 saturated heterocycles. The summed E-state index contributed by atoms with van der Waals surface area (Å²) in [7, 11) is 0. The molecule has 3 nitrogen and oxygen atoms in total. The first-order chi connectivity index (χ1) is 4.22. The lowest BCUT2D eigenvalue weighted by Gasteiger charge is -1.83. The van der Waals surface area contributed by atoms with E-state index in [4.69, 9.17) is 0 Å². The van der Waals surface area contributed by atoms with Gasteiger partial charge in [0.1, 0.15) is 0 Å². The molecular weight excluding hydrogens is 366 g/mol. The Labute approximate surface area is 82.5 Å². The van der Waals surface area contributed by atoms with Gasteiger partial charge >= 0.3 is 0 Å². The molecule has 0 aliphatic carbocycles. The first-order valence-electron chi connectivity index (χ1n) is 1.89. The highest BCUT2D eigenvalue weighted by Crippen LogP contribution is 1.97. The Hall–Kier alpha value is 0.690. The molecule has 9 heavy (non-hydrogen) atoms. The van der Waals surface area contributed by atoms with Crippen molar-refractivity contribution in [3.63, 3.8) is 0 Å². The monoisotopic (exact) mass is 366 g/mol. The molecule has 0 spiro atoms. The molecule has 0 fully saturated rings. The van der Waals surface area contributed by atoms with Gasteiger partial charge in [0, 0.05) is 0 Å². The number of nitrogens with zero attached hydrogens (tertiary/aromatic N) is 2. The van der Waals surface area contributed by atoms with Gasteiger partial charge in [0.2, 0.25) is 5.43 Å². The van der Waals surface area contributed by atoms with E-state index in [0.29, 0.717) is 7.40 Å². The van der Waals surface area contributed by atoms with E-state index >= 15 is 0 Å². The van der Waals surface area contributed by atoms with Crippen molar-refractivity contribution in [3.8, 4) is 0 Å². The van der Waals surface area contributed by atoms with Crippen LogP contribution in [0.1, 0.15) is 0 Å². The minimum absolute atomic E-state index is 0.0741. The van der Waals surface area contributed by atoms with Crippen LogP contribution in [0, 0.1) is 7.40 Å². The third-order valence-electron chi connectivity index (χ3n) is 0.617. The van der Waals surface area contributed by atoms with Gasteiger partial charge < -0.3 is 0 Å². The fraction of sp³-hybridized carbons (Fsp3) is 0. The molecule has 0 aliphatic heterocycles. The van der Waals surface area contributed by atoms with Gasteiger partial charge in [-0.2, -0.15) is 8.75 Å². The van der Waals surface area contributed by atoms with Crippen LogP contribution in [0.15, 0.2) is 4.79 Å². The van der Waals surface area contributed by atoms with Crippen molar-refractivity contribution >= 4 is 56.9 Å². The molecule has 6 heteroatoms.